The van der Waals surface area contributed by atoms with E-state index >= 15 is 0 Å². The first-order valence-electron chi connectivity index (χ1n) is 11.3. The Kier molecular flexibility index (Phi) is 8.89. The molecule has 0 radical (unpaired) electrons. The Hall–Kier alpha value is -3.32. The molecule has 1 amide bonds. The van der Waals surface area contributed by atoms with Crippen molar-refractivity contribution >= 4 is 11.8 Å². The van der Waals surface area contributed by atoms with Crippen LogP contribution in [0.1, 0.15) is 36.2 Å². The van der Waals surface area contributed by atoms with Gasteiger partial charge in [-0.05, 0) is 44.5 Å². The highest BCUT2D eigenvalue weighted by molar-refractivity contribution is 5.94. The van der Waals surface area contributed by atoms with Gasteiger partial charge in [-0.3, -0.25) is 4.79 Å². The number of anilines is 1. The third kappa shape index (κ3) is 5.93. The summed E-state index contributed by atoms with van der Waals surface area (Å²) in [5.41, 5.74) is 3.24. The van der Waals surface area contributed by atoms with E-state index < -0.39 is 0 Å². The van der Waals surface area contributed by atoms with Crippen molar-refractivity contribution in [1.82, 2.24) is 10.1 Å². The molecule has 0 aliphatic heterocycles. The van der Waals surface area contributed by atoms with Crippen LogP contribution in [-0.4, -0.2) is 56.4 Å². The molecule has 7 heteroatoms. The zero-order valence-corrected chi connectivity index (χ0v) is 19.9. The van der Waals surface area contributed by atoms with E-state index in [9.17, 15) is 4.79 Å². The molecule has 0 bridgehead atoms. The number of methoxy groups -OCH3 is 2. The van der Waals surface area contributed by atoms with Gasteiger partial charge in [0.05, 0.1) is 19.2 Å². The Morgan fingerprint density at radius 2 is 1.70 bits per heavy atom. The van der Waals surface area contributed by atoms with Crippen molar-refractivity contribution in [2.75, 3.05) is 45.4 Å². The first kappa shape index (κ1) is 24.3. The van der Waals surface area contributed by atoms with Crippen molar-refractivity contribution in [3.63, 3.8) is 0 Å². The van der Waals surface area contributed by atoms with Gasteiger partial charge in [0, 0.05) is 44.5 Å². The van der Waals surface area contributed by atoms with Gasteiger partial charge in [0.1, 0.15) is 11.4 Å². The van der Waals surface area contributed by atoms with E-state index in [0.29, 0.717) is 36.9 Å². The third-order valence-electron chi connectivity index (χ3n) is 5.61. The zero-order valence-electron chi connectivity index (χ0n) is 19.9. The van der Waals surface area contributed by atoms with Crippen LogP contribution in [0, 0.1) is 0 Å². The summed E-state index contributed by atoms with van der Waals surface area (Å²) in [4.78, 5) is 17.5. The predicted molar refractivity (Wildman–Crippen MR) is 130 cm³/mol. The van der Waals surface area contributed by atoms with E-state index in [0.717, 1.165) is 36.3 Å². The molecule has 0 saturated carbocycles. The maximum atomic E-state index is 13.5. The van der Waals surface area contributed by atoms with Gasteiger partial charge < -0.3 is 23.8 Å². The topological polar surface area (TPSA) is 68.0 Å². The lowest BCUT2D eigenvalue weighted by atomic mass is 10.1. The highest BCUT2D eigenvalue weighted by Gasteiger charge is 2.26. The lowest BCUT2D eigenvalue weighted by molar-refractivity contribution is 0.0724. The van der Waals surface area contributed by atoms with E-state index in [4.69, 9.17) is 14.0 Å². The summed E-state index contributed by atoms with van der Waals surface area (Å²) in [6, 6.07) is 17.1. The number of nitrogens with zero attached hydrogens (tertiary/aromatic N) is 3. The number of carbonyl (C=O) groups is 1. The van der Waals surface area contributed by atoms with E-state index in [-0.39, 0.29) is 5.91 Å². The zero-order chi connectivity index (χ0) is 23.6. The Bertz CT molecular complexity index is 998. The van der Waals surface area contributed by atoms with E-state index in [1.54, 1.807) is 38.5 Å². The molecule has 0 unspecified atom stereocenters. The van der Waals surface area contributed by atoms with Crippen molar-refractivity contribution < 1.29 is 18.8 Å². The molecular formula is C26H33N3O4. The van der Waals surface area contributed by atoms with Gasteiger partial charge in [0.25, 0.3) is 5.91 Å². The van der Waals surface area contributed by atoms with Crippen LogP contribution >= 0.6 is 0 Å². The molecule has 0 aliphatic carbocycles. The molecule has 0 saturated heterocycles. The van der Waals surface area contributed by atoms with Crippen molar-refractivity contribution in [1.29, 1.82) is 0 Å². The summed E-state index contributed by atoms with van der Waals surface area (Å²) in [6.45, 7) is 7.23. The molecule has 3 rings (SSSR count). The third-order valence-corrected chi connectivity index (χ3v) is 5.61. The van der Waals surface area contributed by atoms with Gasteiger partial charge >= 0.3 is 0 Å². The number of hydrogen-bond donors (Lipinski definition) is 0. The fraction of sp³-hybridized carbons (Fsp3) is 0.385. The fourth-order valence-corrected chi connectivity index (χ4v) is 3.78. The molecule has 0 spiro atoms. The minimum Gasteiger partial charge on any atom is -0.497 e. The first-order valence-corrected chi connectivity index (χ1v) is 11.3. The largest absolute Gasteiger partial charge is 0.497 e. The van der Waals surface area contributed by atoms with Crippen molar-refractivity contribution in [3.05, 3.63) is 65.7 Å². The molecule has 33 heavy (non-hydrogen) atoms. The molecular weight excluding hydrogens is 418 g/mol. The van der Waals surface area contributed by atoms with Crippen molar-refractivity contribution in [2.45, 2.75) is 26.8 Å². The number of amides is 1. The minimum atomic E-state index is -0.0561. The molecule has 0 fully saturated rings. The summed E-state index contributed by atoms with van der Waals surface area (Å²) in [5.74, 6) is 1.37. The molecule has 7 nitrogen and oxygen atoms in total. The first-order chi connectivity index (χ1) is 16.1. The number of hydrogen-bond acceptors (Lipinski definition) is 6. The highest BCUT2D eigenvalue weighted by atomic mass is 16.5. The van der Waals surface area contributed by atoms with Crippen LogP contribution in [0.15, 0.2) is 59.1 Å². The SMILES string of the molecule is CCN(CC)c1onc(-c2ccccc2)c1CN(CCCOC)C(=O)c1ccc(OC)cc1. The van der Waals surface area contributed by atoms with Gasteiger partial charge in [-0.15, -0.1) is 0 Å². The van der Waals surface area contributed by atoms with Crippen LogP contribution in [0.4, 0.5) is 5.88 Å². The molecule has 0 atom stereocenters. The monoisotopic (exact) mass is 451 g/mol. The van der Waals surface area contributed by atoms with Crippen LogP contribution in [-0.2, 0) is 11.3 Å². The van der Waals surface area contributed by atoms with Crippen LogP contribution in [0.3, 0.4) is 0 Å². The maximum absolute atomic E-state index is 13.5. The number of aromatic nitrogens is 1. The Morgan fingerprint density at radius 1 is 1.00 bits per heavy atom. The summed E-state index contributed by atoms with van der Waals surface area (Å²) in [6.07, 6.45) is 0.727. The van der Waals surface area contributed by atoms with E-state index in [2.05, 4.69) is 23.9 Å². The summed E-state index contributed by atoms with van der Waals surface area (Å²) < 4.78 is 16.3. The summed E-state index contributed by atoms with van der Waals surface area (Å²) >= 11 is 0. The van der Waals surface area contributed by atoms with Crippen molar-refractivity contribution in [3.8, 4) is 17.0 Å². The number of rotatable bonds is 12. The summed E-state index contributed by atoms with van der Waals surface area (Å²) in [5, 5.41) is 4.41. The lowest BCUT2D eigenvalue weighted by Gasteiger charge is -2.25. The Balaban J connectivity index is 1.99. The second-order valence-corrected chi connectivity index (χ2v) is 7.65. The lowest BCUT2D eigenvalue weighted by Crippen LogP contribution is -2.33. The van der Waals surface area contributed by atoms with Crippen molar-refractivity contribution in [2.24, 2.45) is 0 Å². The van der Waals surface area contributed by atoms with Gasteiger partial charge in [-0.2, -0.15) is 0 Å². The van der Waals surface area contributed by atoms with Crippen LogP contribution < -0.4 is 9.64 Å². The van der Waals surface area contributed by atoms with E-state index in [1.165, 1.54) is 0 Å². The second kappa shape index (κ2) is 12.1. The highest BCUT2D eigenvalue weighted by Crippen LogP contribution is 2.33. The fourth-order valence-electron chi connectivity index (χ4n) is 3.78. The molecule has 0 aliphatic rings. The molecule has 2 aromatic carbocycles. The molecule has 176 valence electrons. The number of ether oxygens (including phenoxy) is 2. The van der Waals surface area contributed by atoms with Gasteiger partial charge in [-0.1, -0.05) is 35.5 Å². The molecule has 0 N–H and O–H groups in total. The van der Waals surface area contributed by atoms with Gasteiger partial charge in [0.15, 0.2) is 0 Å². The standard InChI is InChI=1S/C26H33N3O4/c1-5-28(6-2)26-23(24(27-33-26)20-11-8-7-9-12-20)19-29(17-10-18-31-3)25(30)21-13-15-22(32-4)16-14-21/h7-9,11-16H,5-6,10,17-19H2,1-4H3. The normalized spacial score (nSPS) is 10.8. The molecule has 1 aromatic heterocycles. The van der Waals surface area contributed by atoms with Gasteiger partial charge in [0.2, 0.25) is 5.88 Å². The van der Waals surface area contributed by atoms with Gasteiger partial charge in [-0.25, -0.2) is 0 Å². The van der Waals surface area contributed by atoms with E-state index in [1.807, 2.05) is 35.2 Å². The summed E-state index contributed by atoms with van der Waals surface area (Å²) in [7, 11) is 3.28. The average Bonchev–Trinajstić information content (AvgIpc) is 3.27. The predicted octanol–water partition coefficient (Wildman–Crippen LogP) is 4.88. The minimum absolute atomic E-state index is 0.0561. The molecule has 1 heterocycles. The quantitative estimate of drug-likeness (QED) is 0.366. The number of carbonyl (C=O) groups excluding carboxylic acids is 1. The molecule has 3 aromatic rings. The van der Waals surface area contributed by atoms with Crippen LogP contribution in [0.5, 0.6) is 5.75 Å². The number of benzene rings is 2. The average molecular weight is 452 g/mol. The Labute approximate surface area is 195 Å². The second-order valence-electron chi connectivity index (χ2n) is 7.65. The smallest absolute Gasteiger partial charge is 0.254 e. The Morgan fingerprint density at radius 3 is 2.30 bits per heavy atom. The van der Waals surface area contributed by atoms with Crippen LogP contribution in [0.2, 0.25) is 0 Å². The van der Waals surface area contributed by atoms with Crippen LogP contribution in [0.25, 0.3) is 11.3 Å². The maximum Gasteiger partial charge on any atom is 0.254 e.